The molecule has 0 atom stereocenters. The number of aryl methyl sites for hydroxylation is 1. The van der Waals surface area contributed by atoms with Crippen LogP contribution in [0.4, 0.5) is 0 Å². The monoisotopic (exact) mass is 249 g/mol. The van der Waals surface area contributed by atoms with Crippen molar-refractivity contribution >= 4 is 5.78 Å². The molecule has 1 aliphatic heterocycles. The zero-order valence-electron chi connectivity index (χ0n) is 11.1. The standard InChI is InChI=1S/C14H19NO3/c1-9-6-12-13(18-5-4-17-12)7-10(9)11(16)8-14(2,3)15/h6-7H,4-5,8,15H2,1-3H3. The van der Waals surface area contributed by atoms with Crippen molar-refractivity contribution in [2.24, 2.45) is 5.73 Å². The number of nitrogens with two attached hydrogens (primary N) is 1. The fraction of sp³-hybridized carbons (Fsp3) is 0.500. The number of hydrogen-bond donors (Lipinski definition) is 1. The number of ether oxygens (including phenoxy) is 2. The molecule has 98 valence electrons. The molecule has 0 saturated heterocycles. The largest absolute Gasteiger partial charge is 0.486 e. The maximum Gasteiger partial charge on any atom is 0.165 e. The second-order valence-electron chi connectivity index (χ2n) is 5.40. The molecule has 4 nitrogen and oxygen atoms in total. The number of Topliss-reactive ketones (excluding diaryl/α,β-unsaturated/α-hetero) is 1. The first-order valence-electron chi connectivity index (χ1n) is 6.09. The molecular formula is C14H19NO3. The normalized spacial score (nSPS) is 14.4. The molecule has 0 aromatic heterocycles. The second kappa shape index (κ2) is 4.61. The lowest BCUT2D eigenvalue weighted by Crippen LogP contribution is -2.34. The summed E-state index contributed by atoms with van der Waals surface area (Å²) in [5, 5.41) is 0. The van der Waals surface area contributed by atoms with Crippen molar-refractivity contribution in [2.45, 2.75) is 32.7 Å². The second-order valence-corrected chi connectivity index (χ2v) is 5.40. The van der Waals surface area contributed by atoms with Gasteiger partial charge in [-0.2, -0.15) is 0 Å². The molecule has 2 N–H and O–H groups in total. The predicted octanol–water partition coefficient (Wildman–Crippen LogP) is 2.08. The van der Waals surface area contributed by atoms with Crippen LogP contribution in [-0.4, -0.2) is 24.5 Å². The molecule has 1 aromatic rings. The molecule has 1 heterocycles. The van der Waals surface area contributed by atoms with Gasteiger partial charge in [-0.25, -0.2) is 0 Å². The van der Waals surface area contributed by atoms with Gasteiger partial charge >= 0.3 is 0 Å². The number of fused-ring (bicyclic) bond motifs is 1. The van der Waals surface area contributed by atoms with E-state index in [4.69, 9.17) is 15.2 Å². The molecule has 0 saturated carbocycles. The van der Waals surface area contributed by atoms with E-state index in [9.17, 15) is 4.79 Å². The third-order valence-electron chi connectivity index (χ3n) is 2.81. The van der Waals surface area contributed by atoms with Crippen molar-refractivity contribution in [3.8, 4) is 11.5 Å². The molecule has 2 rings (SSSR count). The van der Waals surface area contributed by atoms with Crippen molar-refractivity contribution in [1.29, 1.82) is 0 Å². The molecule has 0 unspecified atom stereocenters. The molecule has 18 heavy (non-hydrogen) atoms. The Hall–Kier alpha value is -1.55. The Labute approximate surface area is 107 Å². The Morgan fingerprint density at radius 2 is 1.83 bits per heavy atom. The van der Waals surface area contributed by atoms with Crippen LogP contribution in [0, 0.1) is 6.92 Å². The average molecular weight is 249 g/mol. The van der Waals surface area contributed by atoms with Gasteiger partial charge in [-0.3, -0.25) is 4.79 Å². The van der Waals surface area contributed by atoms with Crippen molar-refractivity contribution in [3.63, 3.8) is 0 Å². The number of ketones is 1. The summed E-state index contributed by atoms with van der Waals surface area (Å²) >= 11 is 0. The highest BCUT2D eigenvalue weighted by Gasteiger charge is 2.22. The summed E-state index contributed by atoms with van der Waals surface area (Å²) in [7, 11) is 0. The van der Waals surface area contributed by atoms with Crippen molar-refractivity contribution in [3.05, 3.63) is 23.3 Å². The van der Waals surface area contributed by atoms with Crippen LogP contribution < -0.4 is 15.2 Å². The Morgan fingerprint density at radius 1 is 1.28 bits per heavy atom. The van der Waals surface area contributed by atoms with Gasteiger partial charge in [0.25, 0.3) is 0 Å². The molecule has 0 radical (unpaired) electrons. The maximum absolute atomic E-state index is 12.2. The Bertz CT molecular complexity index is 475. The molecule has 0 amide bonds. The van der Waals surface area contributed by atoms with E-state index in [0.717, 1.165) is 5.56 Å². The number of benzene rings is 1. The third-order valence-corrected chi connectivity index (χ3v) is 2.81. The van der Waals surface area contributed by atoms with Gasteiger partial charge < -0.3 is 15.2 Å². The van der Waals surface area contributed by atoms with Gasteiger partial charge in [-0.15, -0.1) is 0 Å². The molecule has 0 bridgehead atoms. The highest BCUT2D eigenvalue weighted by atomic mass is 16.6. The van der Waals surface area contributed by atoms with Gasteiger partial charge in [-0.1, -0.05) is 0 Å². The fourth-order valence-corrected chi connectivity index (χ4v) is 2.00. The first-order valence-corrected chi connectivity index (χ1v) is 6.09. The molecule has 0 fully saturated rings. The first-order chi connectivity index (χ1) is 8.37. The minimum Gasteiger partial charge on any atom is -0.486 e. The van der Waals surface area contributed by atoms with Crippen molar-refractivity contribution in [2.75, 3.05) is 13.2 Å². The lowest BCUT2D eigenvalue weighted by atomic mass is 9.93. The van der Waals surface area contributed by atoms with Crippen LogP contribution in [0.25, 0.3) is 0 Å². The minimum absolute atomic E-state index is 0.0389. The van der Waals surface area contributed by atoms with Gasteiger partial charge in [0.15, 0.2) is 17.3 Å². The summed E-state index contributed by atoms with van der Waals surface area (Å²) in [6.45, 7) is 6.66. The molecule has 4 heteroatoms. The Morgan fingerprint density at radius 3 is 2.39 bits per heavy atom. The van der Waals surface area contributed by atoms with E-state index in [1.54, 1.807) is 6.07 Å². The Balaban J connectivity index is 2.31. The van der Waals surface area contributed by atoms with E-state index in [1.165, 1.54) is 0 Å². The topological polar surface area (TPSA) is 61.6 Å². The highest BCUT2D eigenvalue weighted by Crippen LogP contribution is 2.33. The smallest absolute Gasteiger partial charge is 0.165 e. The van der Waals surface area contributed by atoms with E-state index in [0.29, 0.717) is 36.7 Å². The molecule has 0 spiro atoms. The van der Waals surface area contributed by atoms with Crippen LogP contribution in [0.5, 0.6) is 11.5 Å². The van der Waals surface area contributed by atoms with Gasteiger partial charge in [0.05, 0.1) is 0 Å². The summed E-state index contributed by atoms with van der Waals surface area (Å²) in [5.74, 6) is 1.39. The average Bonchev–Trinajstić information content (AvgIpc) is 2.25. The summed E-state index contributed by atoms with van der Waals surface area (Å²) in [4.78, 5) is 12.2. The molecule has 0 aliphatic carbocycles. The van der Waals surface area contributed by atoms with Gasteiger partial charge in [-0.05, 0) is 38.5 Å². The van der Waals surface area contributed by atoms with E-state index in [1.807, 2.05) is 26.8 Å². The number of carbonyl (C=O) groups is 1. The number of hydrogen-bond acceptors (Lipinski definition) is 4. The van der Waals surface area contributed by atoms with Crippen LogP contribution in [0.3, 0.4) is 0 Å². The van der Waals surface area contributed by atoms with E-state index in [2.05, 4.69) is 0 Å². The number of carbonyl (C=O) groups excluding carboxylic acids is 1. The maximum atomic E-state index is 12.2. The zero-order chi connectivity index (χ0) is 13.3. The molecule has 1 aromatic carbocycles. The van der Waals surface area contributed by atoms with E-state index in [-0.39, 0.29) is 5.78 Å². The number of rotatable bonds is 3. The fourth-order valence-electron chi connectivity index (χ4n) is 2.00. The van der Waals surface area contributed by atoms with E-state index >= 15 is 0 Å². The SMILES string of the molecule is Cc1cc2c(cc1C(=O)CC(C)(C)N)OCCO2. The predicted molar refractivity (Wildman–Crippen MR) is 69.4 cm³/mol. The van der Waals surface area contributed by atoms with Crippen molar-refractivity contribution < 1.29 is 14.3 Å². The van der Waals surface area contributed by atoms with Gasteiger partial charge in [0.1, 0.15) is 13.2 Å². The summed E-state index contributed by atoms with van der Waals surface area (Å²) in [5.41, 5.74) is 6.94. The van der Waals surface area contributed by atoms with Crippen LogP contribution in [0.1, 0.15) is 36.2 Å². The zero-order valence-corrected chi connectivity index (χ0v) is 11.1. The summed E-state index contributed by atoms with van der Waals surface area (Å²) in [6.07, 6.45) is 0.313. The van der Waals surface area contributed by atoms with Gasteiger partial charge in [0, 0.05) is 17.5 Å². The Kier molecular flexibility index (Phi) is 3.30. The van der Waals surface area contributed by atoms with E-state index < -0.39 is 5.54 Å². The third kappa shape index (κ3) is 2.82. The van der Waals surface area contributed by atoms with Crippen LogP contribution in [-0.2, 0) is 0 Å². The quantitative estimate of drug-likeness (QED) is 0.833. The van der Waals surface area contributed by atoms with Crippen molar-refractivity contribution in [1.82, 2.24) is 0 Å². The molecular weight excluding hydrogens is 230 g/mol. The molecule has 1 aliphatic rings. The van der Waals surface area contributed by atoms with Crippen LogP contribution >= 0.6 is 0 Å². The van der Waals surface area contributed by atoms with Crippen LogP contribution in [0.15, 0.2) is 12.1 Å². The minimum atomic E-state index is -0.503. The summed E-state index contributed by atoms with van der Waals surface area (Å²) in [6, 6.07) is 3.61. The first kappa shape index (κ1) is 12.9. The lowest BCUT2D eigenvalue weighted by molar-refractivity contribution is 0.0958. The summed E-state index contributed by atoms with van der Waals surface area (Å²) < 4.78 is 11.0. The lowest BCUT2D eigenvalue weighted by Gasteiger charge is -2.21. The van der Waals surface area contributed by atoms with Gasteiger partial charge in [0.2, 0.25) is 0 Å². The highest BCUT2D eigenvalue weighted by molar-refractivity contribution is 5.98. The van der Waals surface area contributed by atoms with Crippen LogP contribution in [0.2, 0.25) is 0 Å².